The van der Waals surface area contributed by atoms with E-state index in [0.29, 0.717) is 11.7 Å². The Labute approximate surface area is 126 Å². The van der Waals surface area contributed by atoms with Crippen molar-refractivity contribution in [2.75, 3.05) is 0 Å². The summed E-state index contributed by atoms with van der Waals surface area (Å²) in [5.41, 5.74) is 1.63. The zero-order chi connectivity index (χ0) is 14.9. The maximum Gasteiger partial charge on any atom is 0.169 e. The zero-order valence-corrected chi connectivity index (χ0v) is 12.9. The number of rotatable bonds is 4. The number of pyridine rings is 1. The summed E-state index contributed by atoms with van der Waals surface area (Å²) < 4.78 is 0. The van der Waals surface area contributed by atoms with Crippen molar-refractivity contribution in [3.05, 3.63) is 42.1 Å². The predicted molar refractivity (Wildman–Crippen MR) is 86.4 cm³/mol. The second kappa shape index (κ2) is 5.59. The molecule has 0 atom stereocenters. The normalized spacial score (nSPS) is 17.5. The topological polar surface area (TPSA) is 30.0 Å². The molecule has 2 heteroatoms. The molecule has 2 nitrogen and oxygen atoms in total. The molecule has 3 rings (SSSR count). The van der Waals surface area contributed by atoms with E-state index in [0.717, 1.165) is 35.7 Å². The maximum atomic E-state index is 13.1. The molecule has 0 bridgehead atoms. The number of benzene rings is 1. The van der Waals surface area contributed by atoms with Crippen molar-refractivity contribution in [1.82, 2.24) is 4.98 Å². The van der Waals surface area contributed by atoms with E-state index in [1.807, 2.05) is 30.3 Å². The van der Waals surface area contributed by atoms with Crippen LogP contribution >= 0.6 is 0 Å². The highest BCUT2D eigenvalue weighted by atomic mass is 16.1. The molecule has 0 spiro atoms. The van der Waals surface area contributed by atoms with Gasteiger partial charge in [0.25, 0.3) is 0 Å². The van der Waals surface area contributed by atoms with Gasteiger partial charge in [0.15, 0.2) is 5.78 Å². The van der Waals surface area contributed by atoms with Crippen LogP contribution in [0.2, 0.25) is 0 Å². The van der Waals surface area contributed by atoms with E-state index in [1.165, 1.54) is 12.8 Å². The molecule has 1 aromatic carbocycles. The van der Waals surface area contributed by atoms with Crippen LogP contribution in [0.5, 0.6) is 0 Å². The first-order chi connectivity index (χ1) is 10.1. The maximum absolute atomic E-state index is 13.1. The predicted octanol–water partition coefficient (Wildman–Crippen LogP) is 5.02. The second-order valence-corrected chi connectivity index (χ2v) is 6.83. The van der Waals surface area contributed by atoms with Gasteiger partial charge >= 0.3 is 0 Å². The minimum absolute atomic E-state index is 0.128. The molecule has 1 aromatic heterocycles. The van der Waals surface area contributed by atoms with Gasteiger partial charge in [0.05, 0.1) is 5.52 Å². The standard InChI is InChI=1S/C19H23NO/c1-14(2)13-19(9-3-4-10-19)18(21)16-8-7-15-6-5-11-20-17(15)12-16/h5-8,11-12,14H,3-4,9-10,13H2,1-2H3. The molecular formula is C19H23NO. The van der Waals surface area contributed by atoms with Crippen LogP contribution in [0, 0.1) is 11.3 Å². The number of ketones is 1. The molecule has 0 saturated heterocycles. The summed E-state index contributed by atoms with van der Waals surface area (Å²) in [4.78, 5) is 17.5. The van der Waals surface area contributed by atoms with Gasteiger partial charge in [-0.3, -0.25) is 9.78 Å². The first kappa shape index (κ1) is 14.2. The molecule has 0 unspecified atom stereocenters. The number of Topliss-reactive ketones (excluding diaryl/α,β-unsaturated/α-hetero) is 1. The van der Waals surface area contributed by atoms with Crippen LogP contribution in [0.25, 0.3) is 10.9 Å². The van der Waals surface area contributed by atoms with Crippen LogP contribution in [0.3, 0.4) is 0 Å². The van der Waals surface area contributed by atoms with Crippen molar-refractivity contribution in [3.8, 4) is 0 Å². The SMILES string of the molecule is CC(C)CC1(C(=O)c2ccc3cccnc3c2)CCCC1. The highest BCUT2D eigenvalue weighted by Gasteiger charge is 2.41. The third kappa shape index (κ3) is 2.72. The third-order valence-electron chi connectivity index (χ3n) is 4.71. The second-order valence-electron chi connectivity index (χ2n) is 6.83. The molecule has 1 aliphatic rings. The van der Waals surface area contributed by atoms with Gasteiger partial charge in [0, 0.05) is 22.6 Å². The van der Waals surface area contributed by atoms with Crippen molar-refractivity contribution < 1.29 is 4.79 Å². The van der Waals surface area contributed by atoms with Crippen molar-refractivity contribution >= 4 is 16.7 Å². The Morgan fingerprint density at radius 1 is 1.24 bits per heavy atom. The minimum Gasteiger partial charge on any atom is -0.294 e. The first-order valence-corrected chi connectivity index (χ1v) is 8.00. The lowest BCUT2D eigenvalue weighted by molar-refractivity contribution is 0.0760. The quantitative estimate of drug-likeness (QED) is 0.736. The fraction of sp³-hybridized carbons (Fsp3) is 0.474. The molecule has 0 amide bonds. The van der Waals surface area contributed by atoms with E-state index in [-0.39, 0.29) is 5.41 Å². The molecule has 110 valence electrons. The van der Waals surface area contributed by atoms with Gasteiger partial charge < -0.3 is 0 Å². The monoisotopic (exact) mass is 281 g/mol. The van der Waals surface area contributed by atoms with Gasteiger partial charge in [-0.25, -0.2) is 0 Å². The average molecular weight is 281 g/mol. The Morgan fingerprint density at radius 3 is 2.71 bits per heavy atom. The fourth-order valence-corrected chi connectivity index (χ4v) is 3.87. The van der Waals surface area contributed by atoms with Crippen molar-refractivity contribution in [2.45, 2.75) is 46.0 Å². The highest BCUT2D eigenvalue weighted by molar-refractivity contribution is 6.03. The minimum atomic E-state index is -0.128. The van der Waals surface area contributed by atoms with Gasteiger partial charge in [0.2, 0.25) is 0 Å². The Morgan fingerprint density at radius 2 is 2.00 bits per heavy atom. The lowest BCUT2D eigenvalue weighted by Crippen LogP contribution is -2.30. The average Bonchev–Trinajstić information content (AvgIpc) is 2.95. The summed E-state index contributed by atoms with van der Waals surface area (Å²) in [7, 11) is 0. The molecule has 0 N–H and O–H groups in total. The van der Waals surface area contributed by atoms with Crippen LogP contribution < -0.4 is 0 Å². The number of aromatic nitrogens is 1. The number of hydrogen-bond donors (Lipinski definition) is 0. The lowest BCUT2D eigenvalue weighted by Gasteiger charge is -2.29. The van der Waals surface area contributed by atoms with E-state index >= 15 is 0 Å². The Balaban J connectivity index is 1.97. The number of hydrogen-bond acceptors (Lipinski definition) is 2. The molecular weight excluding hydrogens is 258 g/mol. The van der Waals surface area contributed by atoms with E-state index in [4.69, 9.17) is 0 Å². The zero-order valence-electron chi connectivity index (χ0n) is 12.9. The number of fused-ring (bicyclic) bond motifs is 1. The summed E-state index contributed by atoms with van der Waals surface area (Å²) in [6.07, 6.45) is 7.26. The molecule has 1 fully saturated rings. The Bertz CT molecular complexity index is 653. The van der Waals surface area contributed by atoms with Gasteiger partial charge in [-0.2, -0.15) is 0 Å². The Hall–Kier alpha value is -1.70. The number of nitrogens with zero attached hydrogens (tertiary/aromatic N) is 1. The van der Waals surface area contributed by atoms with Crippen molar-refractivity contribution in [3.63, 3.8) is 0 Å². The third-order valence-corrected chi connectivity index (χ3v) is 4.71. The summed E-state index contributed by atoms with van der Waals surface area (Å²) >= 11 is 0. The number of carbonyl (C=O) groups excluding carboxylic acids is 1. The summed E-state index contributed by atoms with van der Waals surface area (Å²) in [6, 6.07) is 9.94. The molecule has 1 aliphatic carbocycles. The van der Waals surface area contributed by atoms with E-state index in [1.54, 1.807) is 6.20 Å². The molecule has 21 heavy (non-hydrogen) atoms. The largest absolute Gasteiger partial charge is 0.294 e. The molecule has 1 heterocycles. The summed E-state index contributed by atoms with van der Waals surface area (Å²) in [5, 5.41) is 1.10. The van der Waals surface area contributed by atoms with E-state index in [2.05, 4.69) is 18.8 Å². The van der Waals surface area contributed by atoms with E-state index < -0.39 is 0 Å². The lowest BCUT2D eigenvalue weighted by atomic mass is 9.73. The van der Waals surface area contributed by atoms with Crippen LogP contribution in [0.1, 0.15) is 56.3 Å². The van der Waals surface area contributed by atoms with Crippen LogP contribution in [0.15, 0.2) is 36.5 Å². The fourth-order valence-electron chi connectivity index (χ4n) is 3.87. The van der Waals surface area contributed by atoms with Crippen LogP contribution in [0.4, 0.5) is 0 Å². The van der Waals surface area contributed by atoms with Crippen molar-refractivity contribution in [2.24, 2.45) is 11.3 Å². The van der Waals surface area contributed by atoms with Crippen LogP contribution in [-0.2, 0) is 0 Å². The summed E-state index contributed by atoms with van der Waals surface area (Å²) in [6.45, 7) is 4.44. The van der Waals surface area contributed by atoms with Gasteiger partial charge in [-0.15, -0.1) is 0 Å². The summed E-state index contributed by atoms with van der Waals surface area (Å²) in [5.74, 6) is 0.895. The van der Waals surface area contributed by atoms with Gasteiger partial charge in [0.1, 0.15) is 0 Å². The highest BCUT2D eigenvalue weighted by Crippen LogP contribution is 2.45. The van der Waals surface area contributed by atoms with Crippen LogP contribution in [-0.4, -0.2) is 10.8 Å². The van der Waals surface area contributed by atoms with E-state index in [9.17, 15) is 4.79 Å². The molecule has 0 aliphatic heterocycles. The Kier molecular flexibility index (Phi) is 3.79. The van der Waals surface area contributed by atoms with Gasteiger partial charge in [-0.05, 0) is 37.3 Å². The van der Waals surface area contributed by atoms with Crippen molar-refractivity contribution in [1.29, 1.82) is 0 Å². The molecule has 1 saturated carbocycles. The first-order valence-electron chi connectivity index (χ1n) is 8.00. The smallest absolute Gasteiger partial charge is 0.169 e. The molecule has 2 aromatic rings. The van der Waals surface area contributed by atoms with Gasteiger partial charge in [-0.1, -0.05) is 44.9 Å². The molecule has 0 radical (unpaired) electrons. The number of carbonyl (C=O) groups is 1.